The topological polar surface area (TPSA) is 47.3 Å². The van der Waals surface area contributed by atoms with E-state index in [0.29, 0.717) is 29.9 Å². The predicted molar refractivity (Wildman–Crippen MR) is 95.9 cm³/mol. The van der Waals surface area contributed by atoms with E-state index in [4.69, 9.17) is 4.74 Å². The molecular formula is C20H20F2N2O2. The molecule has 26 heavy (non-hydrogen) atoms. The van der Waals surface area contributed by atoms with Gasteiger partial charge < -0.3 is 14.4 Å². The number of ether oxygens (including phenoxy) is 1. The second-order valence-electron chi connectivity index (χ2n) is 6.11. The van der Waals surface area contributed by atoms with E-state index in [2.05, 4.69) is 4.98 Å². The van der Waals surface area contributed by atoms with Crippen LogP contribution in [0.5, 0.6) is 5.75 Å². The summed E-state index contributed by atoms with van der Waals surface area (Å²) in [6.45, 7) is 2.17. The molecule has 0 fully saturated rings. The summed E-state index contributed by atoms with van der Waals surface area (Å²) < 4.78 is 35.1. The number of hydrogen-bond donors (Lipinski definition) is 1. The van der Waals surface area contributed by atoms with E-state index in [1.54, 1.807) is 17.8 Å². The zero-order valence-electron chi connectivity index (χ0n) is 14.6. The first kappa shape index (κ1) is 18.1. The summed E-state index contributed by atoms with van der Waals surface area (Å²) in [5, 5.41) is 9.59. The normalized spacial score (nSPS) is 12.2. The molecule has 3 rings (SSSR count). The number of aliphatic hydroxyl groups excluding tert-OH is 1. The molecule has 0 bridgehead atoms. The van der Waals surface area contributed by atoms with E-state index < -0.39 is 23.5 Å². The highest BCUT2D eigenvalue weighted by atomic mass is 19.1. The van der Waals surface area contributed by atoms with Gasteiger partial charge in [-0.2, -0.15) is 0 Å². The Bertz CT molecular complexity index is 869. The van der Waals surface area contributed by atoms with Crippen molar-refractivity contribution in [3.8, 4) is 28.3 Å². The van der Waals surface area contributed by atoms with E-state index in [1.165, 1.54) is 19.2 Å². The van der Waals surface area contributed by atoms with Crippen LogP contribution in [0.1, 0.15) is 13.3 Å². The zero-order valence-corrected chi connectivity index (χ0v) is 14.6. The highest BCUT2D eigenvalue weighted by molar-refractivity contribution is 5.79. The summed E-state index contributed by atoms with van der Waals surface area (Å²) in [5.41, 5.74) is 2.43. The molecule has 0 radical (unpaired) electrons. The van der Waals surface area contributed by atoms with Gasteiger partial charge in [0.2, 0.25) is 0 Å². The fourth-order valence-corrected chi connectivity index (χ4v) is 2.88. The Morgan fingerprint density at radius 2 is 1.77 bits per heavy atom. The van der Waals surface area contributed by atoms with Crippen LogP contribution in [0.3, 0.4) is 0 Å². The lowest BCUT2D eigenvalue weighted by Gasteiger charge is -2.13. The quantitative estimate of drug-likeness (QED) is 0.716. The van der Waals surface area contributed by atoms with E-state index >= 15 is 0 Å². The van der Waals surface area contributed by atoms with Crippen LogP contribution in [0.25, 0.3) is 22.5 Å². The maximum absolute atomic E-state index is 14.2. The summed E-state index contributed by atoms with van der Waals surface area (Å²) in [5.74, 6) is -1.96. The van der Waals surface area contributed by atoms with E-state index in [-0.39, 0.29) is 0 Å². The largest absolute Gasteiger partial charge is 0.491 e. The molecule has 0 saturated carbocycles. The van der Waals surface area contributed by atoms with Crippen molar-refractivity contribution < 1.29 is 18.6 Å². The van der Waals surface area contributed by atoms with Gasteiger partial charge in [0.1, 0.15) is 0 Å². The molecule has 0 aliphatic rings. The highest BCUT2D eigenvalue weighted by Crippen LogP contribution is 2.35. The van der Waals surface area contributed by atoms with Crippen molar-refractivity contribution in [2.75, 3.05) is 7.11 Å². The average molecular weight is 358 g/mol. The third kappa shape index (κ3) is 3.60. The Morgan fingerprint density at radius 1 is 1.12 bits per heavy atom. The van der Waals surface area contributed by atoms with Crippen molar-refractivity contribution in [1.29, 1.82) is 0 Å². The number of methoxy groups -OCH3 is 1. The van der Waals surface area contributed by atoms with Crippen LogP contribution >= 0.6 is 0 Å². The lowest BCUT2D eigenvalue weighted by Crippen LogP contribution is -2.07. The number of aromatic nitrogens is 2. The molecule has 1 aromatic heterocycles. The van der Waals surface area contributed by atoms with Crippen LogP contribution in [-0.2, 0) is 6.54 Å². The summed E-state index contributed by atoms with van der Waals surface area (Å²) in [6.07, 6.45) is 1.63. The van der Waals surface area contributed by atoms with Crippen LogP contribution in [0, 0.1) is 11.6 Å². The summed E-state index contributed by atoms with van der Waals surface area (Å²) in [6, 6.07) is 11.9. The van der Waals surface area contributed by atoms with Gasteiger partial charge in [0.15, 0.2) is 17.4 Å². The Balaban J connectivity index is 2.15. The second kappa shape index (κ2) is 7.66. The maximum atomic E-state index is 14.2. The molecule has 0 aliphatic carbocycles. The van der Waals surface area contributed by atoms with E-state index in [0.717, 1.165) is 5.56 Å². The standard InChI is InChI=1S/C20H20F2N2O2/c1-13(25)8-9-24-12-23-18(14-6-4-3-5-7-14)19(24)15-10-16(21)20(26-2)17(22)11-15/h3-7,10-13,25H,8-9H2,1-2H3. The molecule has 0 amide bonds. The first-order chi connectivity index (χ1) is 12.5. The third-order valence-electron chi connectivity index (χ3n) is 4.15. The molecule has 6 heteroatoms. The number of imidazole rings is 1. The molecule has 0 saturated heterocycles. The fourth-order valence-electron chi connectivity index (χ4n) is 2.88. The van der Waals surface area contributed by atoms with Crippen LogP contribution in [0.15, 0.2) is 48.8 Å². The number of aliphatic hydroxyl groups is 1. The smallest absolute Gasteiger partial charge is 0.190 e. The van der Waals surface area contributed by atoms with Crippen molar-refractivity contribution in [3.63, 3.8) is 0 Å². The Kier molecular flexibility index (Phi) is 5.32. The van der Waals surface area contributed by atoms with Gasteiger partial charge in [-0.1, -0.05) is 30.3 Å². The molecule has 1 heterocycles. The zero-order chi connectivity index (χ0) is 18.7. The van der Waals surface area contributed by atoms with Gasteiger partial charge in [-0.15, -0.1) is 0 Å². The number of hydrogen-bond acceptors (Lipinski definition) is 3. The fraction of sp³-hybridized carbons (Fsp3) is 0.250. The predicted octanol–water partition coefficient (Wildman–Crippen LogP) is 4.27. The van der Waals surface area contributed by atoms with Gasteiger partial charge in [0.25, 0.3) is 0 Å². The molecule has 0 spiro atoms. The summed E-state index contributed by atoms with van der Waals surface area (Å²) >= 11 is 0. The number of benzene rings is 2. The van der Waals surface area contributed by atoms with E-state index in [9.17, 15) is 13.9 Å². The molecule has 0 aliphatic heterocycles. The van der Waals surface area contributed by atoms with Crippen molar-refractivity contribution in [3.05, 3.63) is 60.4 Å². The van der Waals surface area contributed by atoms with Crippen LogP contribution in [-0.4, -0.2) is 27.9 Å². The molecule has 1 N–H and O–H groups in total. The maximum Gasteiger partial charge on any atom is 0.190 e. The number of nitrogens with zero attached hydrogens (tertiary/aromatic N) is 2. The molecular weight excluding hydrogens is 338 g/mol. The summed E-state index contributed by atoms with van der Waals surface area (Å²) in [7, 11) is 1.23. The molecule has 1 unspecified atom stereocenters. The second-order valence-corrected chi connectivity index (χ2v) is 6.11. The van der Waals surface area contributed by atoms with Crippen molar-refractivity contribution in [2.24, 2.45) is 0 Å². The first-order valence-corrected chi connectivity index (χ1v) is 8.33. The Hall–Kier alpha value is -2.73. The minimum Gasteiger partial charge on any atom is -0.491 e. The van der Waals surface area contributed by atoms with Crippen molar-refractivity contribution in [2.45, 2.75) is 26.0 Å². The molecule has 136 valence electrons. The van der Waals surface area contributed by atoms with Gasteiger partial charge in [0, 0.05) is 17.7 Å². The van der Waals surface area contributed by atoms with Gasteiger partial charge in [-0.3, -0.25) is 0 Å². The van der Waals surface area contributed by atoms with Crippen LogP contribution in [0.2, 0.25) is 0 Å². The first-order valence-electron chi connectivity index (χ1n) is 8.33. The summed E-state index contributed by atoms with van der Waals surface area (Å²) in [4.78, 5) is 4.45. The van der Waals surface area contributed by atoms with Gasteiger partial charge in [0.05, 0.1) is 30.9 Å². The van der Waals surface area contributed by atoms with Crippen LogP contribution < -0.4 is 4.74 Å². The minimum atomic E-state index is -0.773. The Morgan fingerprint density at radius 3 is 2.35 bits per heavy atom. The van der Waals surface area contributed by atoms with Crippen molar-refractivity contribution >= 4 is 0 Å². The number of aryl methyl sites for hydroxylation is 1. The molecule has 2 aromatic carbocycles. The highest BCUT2D eigenvalue weighted by Gasteiger charge is 2.19. The molecule has 1 atom stereocenters. The average Bonchev–Trinajstić information content (AvgIpc) is 3.04. The lowest BCUT2D eigenvalue weighted by atomic mass is 10.0. The monoisotopic (exact) mass is 358 g/mol. The van der Waals surface area contributed by atoms with Gasteiger partial charge >= 0.3 is 0 Å². The molecule has 3 aromatic rings. The lowest BCUT2D eigenvalue weighted by molar-refractivity contribution is 0.178. The van der Waals surface area contributed by atoms with E-state index in [1.807, 2.05) is 30.3 Å². The van der Waals surface area contributed by atoms with Gasteiger partial charge in [-0.25, -0.2) is 13.8 Å². The minimum absolute atomic E-state index is 0.364. The Labute approximate surface area is 150 Å². The third-order valence-corrected chi connectivity index (χ3v) is 4.15. The molecule has 4 nitrogen and oxygen atoms in total. The van der Waals surface area contributed by atoms with Gasteiger partial charge in [-0.05, 0) is 25.5 Å². The number of halogens is 2. The number of rotatable bonds is 6. The van der Waals surface area contributed by atoms with Crippen molar-refractivity contribution in [1.82, 2.24) is 9.55 Å². The van der Waals surface area contributed by atoms with Crippen LogP contribution in [0.4, 0.5) is 8.78 Å². The SMILES string of the molecule is COc1c(F)cc(-c2c(-c3ccccc3)ncn2CCC(C)O)cc1F.